The summed E-state index contributed by atoms with van der Waals surface area (Å²) in [6.45, 7) is 11.0. The molecule has 1 heterocycles. The molecule has 0 aromatic rings. The molecule has 1 aliphatic heterocycles. The zero-order chi connectivity index (χ0) is 14.7. The van der Waals surface area contributed by atoms with Crippen LogP contribution < -0.4 is 10.6 Å². The van der Waals surface area contributed by atoms with Crippen molar-refractivity contribution < 1.29 is 14.3 Å². The molecule has 0 aliphatic carbocycles. The highest BCUT2D eigenvalue weighted by Crippen LogP contribution is 2.28. The van der Waals surface area contributed by atoms with Crippen LogP contribution >= 0.6 is 0 Å². The summed E-state index contributed by atoms with van der Waals surface area (Å²) in [4.78, 5) is 12.0. The number of rotatable bonds is 4. The van der Waals surface area contributed by atoms with Crippen LogP contribution in [0.4, 0.5) is 4.79 Å². The molecule has 0 bridgehead atoms. The molecule has 1 rings (SSSR count). The monoisotopic (exact) mass is 272 g/mol. The summed E-state index contributed by atoms with van der Waals surface area (Å²) in [5.74, 6) is 0. The molecule has 1 aliphatic rings. The third-order valence-corrected chi connectivity index (χ3v) is 3.33. The van der Waals surface area contributed by atoms with Crippen molar-refractivity contribution in [1.29, 1.82) is 0 Å². The number of hydrogen-bond acceptors (Lipinski definition) is 4. The molecule has 1 amide bonds. The van der Waals surface area contributed by atoms with Crippen LogP contribution in [0, 0.1) is 0 Å². The first-order chi connectivity index (χ1) is 8.58. The van der Waals surface area contributed by atoms with Gasteiger partial charge < -0.3 is 20.1 Å². The van der Waals surface area contributed by atoms with E-state index in [-0.39, 0.29) is 17.2 Å². The minimum Gasteiger partial charge on any atom is -0.444 e. The minimum atomic E-state index is -0.483. The molecule has 5 nitrogen and oxygen atoms in total. The van der Waals surface area contributed by atoms with Gasteiger partial charge in [0.1, 0.15) is 5.60 Å². The highest BCUT2D eigenvalue weighted by Gasteiger charge is 2.41. The van der Waals surface area contributed by atoms with E-state index in [1.54, 1.807) is 0 Å². The van der Waals surface area contributed by atoms with Gasteiger partial charge in [-0.2, -0.15) is 0 Å². The number of carbonyl (C=O) groups excluding carboxylic acids is 1. The fourth-order valence-electron chi connectivity index (χ4n) is 2.34. The summed E-state index contributed by atoms with van der Waals surface area (Å²) in [6, 6.07) is 0. The van der Waals surface area contributed by atoms with Crippen molar-refractivity contribution in [3.05, 3.63) is 0 Å². The number of hydrogen-bond donors (Lipinski definition) is 2. The zero-order valence-corrected chi connectivity index (χ0v) is 13.1. The van der Waals surface area contributed by atoms with Gasteiger partial charge >= 0.3 is 6.09 Å². The zero-order valence-electron chi connectivity index (χ0n) is 13.1. The SMILES string of the molecule is CNC(C)(C)CC1(NC(=O)OC(C)(C)C)CCOC1. The Hall–Kier alpha value is -0.810. The van der Waals surface area contributed by atoms with E-state index in [0.717, 1.165) is 12.8 Å². The first kappa shape index (κ1) is 16.2. The molecule has 0 aromatic carbocycles. The van der Waals surface area contributed by atoms with Crippen LogP contribution in [-0.2, 0) is 9.47 Å². The number of ether oxygens (including phenoxy) is 2. The van der Waals surface area contributed by atoms with E-state index in [2.05, 4.69) is 24.5 Å². The van der Waals surface area contributed by atoms with Gasteiger partial charge in [0.25, 0.3) is 0 Å². The predicted molar refractivity (Wildman–Crippen MR) is 75.3 cm³/mol. The highest BCUT2D eigenvalue weighted by molar-refractivity contribution is 5.69. The van der Waals surface area contributed by atoms with Crippen molar-refractivity contribution in [3.63, 3.8) is 0 Å². The second-order valence-electron chi connectivity index (χ2n) is 7.02. The summed E-state index contributed by atoms with van der Waals surface area (Å²) < 4.78 is 10.8. The van der Waals surface area contributed by atoms with Crippen molar-refractivity contribution in [3.8, 4) is 0 Å². The van der Waals surface area contributed by atoms with Crippen LogP contribution in [0.25, 0.3) is 0 Å². The molecule has 2 N–H and O–H groups in total. The van der Waals surface area contributed by atoms with Gasteiger partial charge in [-0.3, -0.25) is 0 Å². The third-order valence-electron chi connectivity index (χ3n) is 3.33. The van der Waals surface area contributed by atoms with Crippen LogP contribution in [0.15, 0.2) is 0 Å². The lowest BCUT2D eigenvalue weighted by Crippen LogP contribution is -2.56. The number of alkyl carbamates (subject to hydrolysis) is 1. The molecule has 1 unspecified atom stereocenters. The number of nitrogens with one attached hydrogen (secondary N) is 2. The maximum absolute atomic E-state index is 12.0. The second kappa shape index (κ2) is 5.67. The lowest BCUT2D eigenvalue weighted by atomic mass is 9.83. The molecule has 1 atom stereocenters. The lowest BCUT2D eigenvalue weighted by molar-refractivity contribution is 0.0414. The van der Waals surface area contributed by atoms with E-state index in [0.29, 0.717) is 13.2 Å². The molecule has 0 spiro atoms. The van der Waals surface area contributed by atoms with E-state index >= 15 is 0 Å². The maximum atomic E-state index is 12.0. The van der Waals surface area contributed by atoms with Gasteiger partial charge in [-0.15, -0.1) is 0 Å². The van der Waals surface area contributed by atoms with Gasteiger partial charge in [0, 0.05) is 12.1 Å². The first-order valence-electron chi connectivity index (χ1n) is 6.85. The van der Waals surface area contributed by atoms with Crippen molar-refractivity contribution in [1.82, 2.24) is 10.6 Å². The molecular formula is C14H28N2O3. The Morgan fingerprint density at radius 1 is 1.32 bits per heavy atom. The van der Waals surface area contributed by atoms with Crippen LogP contribution in [0.3, 0.4) is 0 Å². The van der Waals surface area contributed by atoms with Gasteiger partial charge in [0.15, 0.2) is 0 Å². The van der Waals surface area contributed by atoms with Gasteiger partial charge in [0.2, 0.25) is 0 Å². The van der Waals surface area contributed by atoms with E-state index in [1.807, 2.05) is 27.8 Å². The smallest absolute Gasteiger partial charge is 0.408 e. The topological polar surface area (TPSA) is 59.6 Å². The van der Waals surface area contributed by atoms with Gasteiger partial charge in [0.05, 0.1) is 12.1 Å². The Labute approximate surface area is 116 Å². The number of carbonyl (C=O) groups is 1. The Kier molecular flexibility index (Phi) is 4.85. The molecule has 112 valence electrons. The standard InChI is InChI=1S/C14H28N2O3/c1-12(2,3)19-11(17)16-14(7-8-18-10-14)9-13(4,5)15-6/h15H,7-10H2,1-6H3,(H,16,17). The quantitative estimate of drug-likeness (QED) is 0.822. The second-order valence-corrected chi connectivity index (χ2v) is 7.02. The molecule has 19 heavy (non-hydrogen) atoms. The van der Waals surface area contributed by atoms with E-state index in [4.69, 9.17) is 9.47 Å². The molecule has 0 saturated carbocycles. The van der Waals surface area contributed by atoms with Gasteiger partial charge in [-0.1, -0.05) is 0 Å². The number of amides is 1. The van der Waals surface area contributed by atoms with Crippen molar-refractivity contribution in [2.75, 3.05) is 20.3 Å². The molecular weight excluding hydrogens is 244 g/mol. The predicted octanol–water partition coefficient (Wildman–Crippen LogP) is 2.06. The van der Waals surface area contributed by atoms with Crippen LogP contribution in [0.2, 0.25) is 0 Å². The molecule has 0 aromatic heterocycles. The Balaban J connectivity index is 2.70. The summed E-state index contributed by atoms with van der Waals surface area (Å²) in [5.41, 5.74) is -0.888. The Morgan fingerprint density at radius 2 is 1.95 bits per heavy atom. The molecule has 5 heteroatoms. The van der Waals surface area contributed by atoms with Gasteiger partial charge in [-0.05, 0) is 54.5 Å². The summed E-state index contributed by atoms with van der Waals surface area (Å²) >= 11 is 0. The molecule has 0 radical (unpaired) electrons. The van der Waals surface area contributed by atoms with Crippen LogP contribution in [-0.4, -0.2) is 43.0 Å². The highest BCUT2D eigenvalue weighted by atomic mass is 16.6. The van der Waals surface area contributed by atoms with Crippen molar-refractivity contribution in [2.24, 2.45) is 0 Å². The van der Waals surface area contributed by atoms with E-state index < -0.39 is 5.60 Å². The van der Waals surface area contributed by atoms with E-state index in [1.165, 1.54) is 0 Å². The fraction of sp³-hybridized carbons (Fsp3) is 0.929. The maximum Gasteiger partial charge on any atom is 0.408 e. The largest absolute Gasteiger partial charge is 0.444 e. The average molecular weight is 272 g/mol. The minimum absolute atomic E-state index is 0.0668. The van der Waals surface area contributed by atoms with E-state index in [9.17, 15) is 4.79 Å². The fourth-order valence-corrected chi connectivity index (χ4v) is 2.34. The average Bonchev–Trinajstić information content (AvgIpc) is 2.62. The van der Waals surface area contributed by atoms with Crippen LogP contribution in [0.1, 0.15) is 47.5 Å². The summed E-state index contributed by atoms with van der Waals surface area (Å²) in [5, 5.41) is 6.28. The molecule has 1 fully saturated rings. The van der Waals surface area contributed by atoms with Crippen molar-refractivity contribution in [2.45, 2.75) is 64.1 Å². The Bertz CT molecular complexity index is 315. The summed E-state index contributed by atoms with van der Waals surface area (Å²) in [7, 11) is 1.93. The first-order valence-corrected chi connectivity index (χ1v) is 6.85. The lowest BCUT2D eigenvalue weighted by Gasteiger charge is -2.37. The summed E-state index contributed by atoms with van der Waals surface area (Å²) in [6.07, 6.45) is 1.25. The van der Waals surface area contributed by atoms with Gasteiger partial charge in [-0.25, -0.2) is 4.79 Å². The third kappa shape index (κ3) is 5.37. The van der Waals surface area contributed by atoms with Crippen LogP contribution in [0.5, 0.6) is 0 Å². The Morgan fingerprint density at radius 3 is 2.37 bits per heavy atom. The normalized spacial score (nSPS) is 24.3. The van der Waals surface area contributed by atoms with Crippen molar-refractivity contribution >= 4 is 6.09 Å². The molecule has 1 saturated heterocycles.